The molecule has 0 saturated carbocycles. The van der Waals surface area contributed by atoms with Gasteiger partial charge in [-0.25, -0.2) is 0 Å². The Bertz CT molecular complexity index is 287. The number of methoxy groups -OCH3 is 1. The van der Waals surface area contributed by atoms with E-state index >= 15 is 0 Å². The van der Waals surface area contributed by atoms with Crippen LogP contribution in [0.4, 0.5) is 11.4 Å². The van der Waals surface area contributed by atoms with Crippen LogP contribution < -0.4 is 15.4 Å². The molecule has 0 amide bonds. The molecule has 0 saturated heterocycles. The largest absolute Gasteiger partial charge is 0.495 e. The molecule has 2 N–H and O–H groups in total. The van der Waals surface area contributed by atoms with E-state index in [1.165, 1.54) is 0 Å². The van der Waals surface area contributed by atoms with Gasteiger partial charge in [0.1, 0.15) is 5.75 Å². The summed E-state index contributed by atoms with van der Waals surface area (Å²) in [5, 5.41) is 6.39. The third-order valence-electron chi connectivity index (χ3n) is 2.05. The summed E-state index contributed by atoms with van der Waals surface area (Å²) in [4.78, 5) is 0. The van der Waals surface area contributed by atoms with Crippen LogP contribution in [0.5, 0.6) is 5.75 Å². The van der Waals surface area contributed by atoms with Crippen molar-refractivity contribution in [2.24, 2.45) is 0 Å². The average Bonchev–Trinajstić information content (AvgIpc) is 2.25. The zero-order chi connectivity index (χ0) is 10.4. The molecule has 0 atom stereocenters. The number of hydrogen-bond donors (Lipinski definition) is 2. The first-order chi connectivity index (χ1) is 6.81. The Kier molecular flexibility index (Phi) is 4.11. The topological polar surface area (TPSA) is 33.3 Å². The second-order valence-corrected chi connectivity index (χ2v) is 3.09. The van der Waals surface area contributed by atoms with Crippen molar-refractivity contribution in [2.75, 3.05) is 31.3 Å². The number of benzene rings is 1. The highest BCUT2D eigenvalue weighted by Gasteiger charge is 2.01. The van der Waals surface area contributed by atoms with Crippen molar-refractivity contribution in [3.63, 3.8) is 0 Å². The molecular formula is C11H18N2O. The standard InChI is InChI=1S/C11H18N2O/c1-4-7-13-9-5-6-10(12-2)11(8-9)14-3/h5-6,8,12-13H,4,7H2,1-3H3. The van der Waals surface area contributed by atoms with E-state index in [2.05, 4.69) is 17.6 Å². The van der Waals surface area contributed by atoms with Gasteiger partial charge in [0.25, 0.3) is 0 Å². The van der Waals surface area contributed by atoms with Gasteiger partial charge < -0.3 is 15.4 Å². The normalized spacial score (nSPS) is 9.64. The van der Waals surface area contributed by atoms with Gasteiger partial charge in [0.05, 0.1) is 12.8 Å². The Hall–Kier alpha value is -1.38. The lowest BCUT2D eigenvalue weighted by Gasteiger charge is -2.11. The smallest absolute Gasteiger partial charge is 0.143 e. The minimum absolute atomic E-state index is 0.869. The highest BCUT2D eigenvalue weighted by Crippen LogP contribution is 2.27. The van der Waals surface area contributed by atoms with Gasteiger partial charge in [-0.1, -0.05) is 6.92 Å². The van der Waals surface area contributed by atoms with Crippen LogP contribution in [0.15, 0.2) is 18.2 Å². The van der Waals surface area contributed by atoms with Gasteiger partial charge in [-0.3, -0.25) is 0 Å². The molecule has 3 heteroatoms. The first kappa shape index (κ1) is 10.7. The summed E-state index contributed by atoms with van der Waals surface area (Å²) >= 11 is 0. The number of nitrogens with one attached hydrogen (secondary N) is 2. The van der Waals surface area contributed by atoms with Crippen LogP contribution >= 0.6 is 0 Å². The first-order valence-electron chi connectivity index (χ1n) is 4.91. The van der Waals surface area contributed by atoms with E-state index < -0.39 is 0 Å². The van der Waals surface area contributed by atoms with Gasteiger partial charge in [0, 0.05) is 25.3 Å². The zero-order valence-electron chi connectivity index (χ0n) is 9.05. The van der Waals surface area contributed by atoms with Gasteiger partial charge in [-0.15, -0.1) is 0 Å². The average molecular weight is 194 g/mol. The van der Waals surface area contributed by atoms with Crippen LogP contribution in [0.3, 0.4) is 0 Å². The van der Waals surface area contributed by atoms with Crippen molar-refractivity contribution in [3.05, 3.63) is 18.2 Å². The third kappa shape index (κ3) is 2.55. The maximum Gasteiger partial charge on any atom is 0.143 e. The summed E-state index contributed by atoms with van der Waals surface area (Å²) in [6.45, 7) is 3.13. The molecule has 14 heavy (non-hydrogen) atoms. The van der Waals surface area contributed by atoms with Crippen LogP contribution in [-0.2, 0) is 0 Å². The van der Waals surface area contributed by atoms with Crippen LogP contribution in [0.1, 0.15) is 13.3 Å². The Balaban J connectivity index is 2.79. The van der Waals surface area contributed by atoms with Crippen molar-refractivity contribution in [2.45, 2.75) is 13.3 Å². The summed E-state index contributed by atoms with van der Waals surface area (Å²) in [6.07, 6.45) is 1.12. The molecule has 1 aromatic rings. The minimum Gasteiger partial charge on any atom is -0.495 e. The molecule has 0 bridgehead atoms. The summed E-state index contributed by atoms with van der Waals surface area (Å²) < 4.78 is 5.25. The van der Waals surface area contributed by atoms with E-state index in [0.29, 0.717) is 0 Å². The van der Waals surface area contributed by atoms with Gasteiger partial charge in [0.2, 0.25) is 0 Å². The summed E-state index contributed by atoms with van der Waals surface area (Å²) in [7, 11) is 3.57. The number of ether oxygens (including phenoxy) is 1. The Morgan fingerprint density at radius 1 is 1.36 bits per heavy atom. The Labute approximate surface area is 85.5 Å². The molecule has 0 aliphatic rings. The van der Waals surface area contributed by atoms with Crippen LogP contribution in [0, 0.1) is 0 Å². The molecule has 0 heterocycles. The second-order valence-electron chi connectivity index (χ2n) is 3.09. The molecule has 78 valence electrons. The molecule has 1 aromatic carbocycles. The molecule has 0 radical (unpaired) electrons. The van der Waals surface area contributed by atoms with E-state index in [1.54, 1.807) is 7.11 Å². The van der Waals surface area contributed by atoms with Crippen LogP contribution in [0.25, 0.3) is 0 Å². The molecular weight excluding hydrogens is 176 g/mol. The first-order valence-corrected chi connectivity index (χ1v) is 4.91. The third-order valence-corrected chi connectivity index (χ3v) is 2.05. The van der Waals surface area contributed by atoms with E-state index in [0.717, 1.165) is 30.1 Å². The van der Waals surface area contributed by atoms with Crippen LogP contribution in [-0.4, -0.2) is 20.7 Å². The highest BCUT2D eigenvalue weighted by atomic mass is 16.5. The van der Waals surface area contributed by atoms with Gasteiger partial charge in [-0.2, -0.15) is 0 Å². The fraction of sp³-hybridized carbons (Fsp3) is 0.455. The van der Waals surface area contributed by atoms with Crippen molar-refractivity contribution >= 4 is 11.4 Å². The van der Waals surface area contributed by atoms with E-state index in [1.807, 2.05) is 25.2 Å². The Morgan fingerprint density at radius 2 is 2.14 bits per heavy atom. The summed E-state index contributed by atoms with van der Waals surface area (Å²) in [6, 6.07) is 6.06. The lowest BCUT2D eigenvalue weighted by atomic mass is 10.2. The van der Waals surface area contributed by atoms with Gasteiger partial charge >= 0.3 is 0 Å². The highest BCUT2D eigenvalue weighted by molar-refractivity contribution is 5.63. The van der Waals surface area contributed by atoms with Gasteiger partial charge in [-0.05, 0) is 18.6 Å². The monoisotopic (exact) mass is 194 g/mol. The minimum atomic E-state index is 0.869. The molecule has 1 rings (SSSR count). The van der Waals surface area contributed by atoms with E-state index in [9.17, 15) is 0 Å². The van der Waals surface area contributed by atoms with Crippen molar-refractivity contribution in [1.29, 1.82) is 0 Å². The molecule has 0 aliphatic heterocycles. The molecule has 0 aromatic heterocycles. The molecule has 0 fully saturated rings. The quantitative estimate of drug-likeness (QED) is 0.755. The maximum atomic E-state index is 5.25. The maximum absolute atomic E-state index is 5.25. The molecule has 0 unspecified atom stereocenters. The lowest BCUT2D eigenvalue weighted by Crippen LogP contribution is -2.01. The predicted octanol–water partition coefficient (Wildman–Crippen LogP) is 2.56. The van der Waals surface area contributed by atoms with Crippen LogP contribution in [0.2, 0.25) is 0 Å². The van der Waals surface area contributed by atoms with Crippen molar-refractivity contribution in [1.82, 2.24) is 0 Å². The predicted molar refractivity (Wildman–Crippen MR) is 61.3 cm³/mol. The lowest BCUT2D eigenvalue weighted by molar-refractivity contribution is 0.417. The Morgan fingerprint density at radius 3 is 2.71 bits per heavy atom. The number of rotatable bonds is 5. The zero-order valence-corrected chi connectivity index (χ0v) is 9.05. The van der Waals surface area contributed by atoms with E-state index in [-0.39, 0.29) is 0 Å². The molecule has 0 aliphatic carbocycles. The summed E-state index contributed by atoms with van der Waals surface area (Å²) in [5.41, 5.74) is 2.11. The van der Waals surface area contributed by atoms with Crippen molar-refractivity contribution in [3.8, 4) is 5.75 Å². The van der Waals surface area contributed by atoms with Gasteiger partial charge in [0.15, 0.2) is 0 Å². The molecule has 3 nitrogen and oxygen atoms in total. The SMILES string of the molecule is CCCNc1ccc(NC)c(OC)c1. The summed E-state index contributed by atoms with van der Waals surface area (Å²) in [5.74, 6) is 0.869. The van der Waals surface area contributed by atoms with Crippen molar-refractivity contribution < 1.29 is 4.74 Å². The number of hydrogen-bond acceptors (Lipinski definition) is 3. The van der Waals surface area contributed by atoms with E-state index in [4.69, 9.17) is 4.74 Å². The second kappa shape index (κ2) is 5.37. The number of anilines is 2. The molecule has 0 spiro atoms. The fourth-order valence-corrected chi connectivity index (χ4v) is 1.28. The fourth-order valence-electron chi connectivity index (χ4n) is 1.28.